The average Bonchev–Trinajstić information content (AvgIpc) is 2.97. The van der Waals surface area contributed by atoms with Gasteiger partial charge in [0.25, 0.3) is 0 Å². The van der Waals surface area contributed by atoms with Crippen LogP contribution in [0.4, 0.5) is 0 Å². The van der Waals surface area contributed by atoms with Gasteiger partial charge in [-0.3, -0.25) is 0 Å². The summed E-state index contributed by atoms with van der Waals surface area (Å²) < 4.78 is 23.2. The van der Waals surface area contributed by atoms with Gasteiger partial charge in [-0.2, -0.15) is 0 Å². The SMILES string of the molecule is Cc1ccc(-c2nnn(-c3ccccc3)n2)cc1S(N)(=O)=O. The molecule has 0 aliphatic carbocycles. The van der Waals surface area contributed by atoms with Gasteiger partial charge in [-0.25, -0.2) is 13.6 Å². The van der Waals surface area contributed by atoms with Crippen LogP contribution in [0.15, 0.2) is 53.4 Å². The van der Waals surface area contributed by atoms with Gasteiger partial charge in [0.2, 0.25) is 15.8 Å². The number of nitrogens with two attached hydrogens (primary N) is 1. The summed E-state index contributed by atoms with van der Waals surface area (Å²) in [6.45, 7) is 1.68. The fourth-order valence-corrected chi connectivity index (χ4v) is 2.85. The second-order valence-electron chi connectivity index (χ2n) is 4.76. The highest BCUT2D eigenvalue weighted by Crippen LogP contribution is 2.21. The molecule has 1 heterocycles. The monoisotopic (exact) mass is 315 g/mol. The van der Waals surface area contributed by atoms with Crippen molar-refractivity contribution < 1.29 is 8.42 Å². The molecular weight excluding hydrogens is 302 g/mol. The van der Waals surface area contributed by atoms with Crippen molar-refractivity contribution in [2.24, 2.45) is 5.14 Å². The van der Waals surface area contributed by atoms with Gasteiger partial charge in [-0.15, -0.1) is 15.0 Å². The van der Waals surface area contributed by atoms with E-state index in [-0.39, 0.29) is 4.90 Å². The first kappa shape index (κ1) is 14.4. The van der Waals surface area contributed by atoms with E-state index in [1.54, 1.807) is 19.1 Å². The second kappa shape index (κ2) is 5.32. The fraction of sp³-hybridized carbons (Fsp3) is 0.0714. The molecule has 112 valence electrons. The van der Waals surface area contributed by atoms with Crippen LogP contribution in [-0.2, 0) is 10.0 Å². The number of primary sulfonamides is 1. The number of tetrazole rings is 1. The molecule has 0 fully saturated rings. The van der Waals surface area contributed by atoms with Crippen LogP contribution in [-0.4, -0.2) is 28.6 Å². The number of sulfonamides is 1. The summed E-state index contributed by atoms with van der Waals surface area (Å²) >= 11 is 0. The quantitative estimate of drug-likeness (QED) is 0.784. The molecule has 8 heteroatoms. The molecule has 22 heavy (non-hydrogen) atoms. The Morgan fingerprint density at radius 1 is 1.09 bits per heavy atom. The minimum absolute atomic E-state index is 0.0565. The Kier molecular flexibility index (Phi) is 3.47. The zero-order valence-electron chi connectivity index (χ0n) is 11.7. The Labute approximate surface area is 127 Å². The molecule has 0 unspecified atom stereocenters. The van der Waals surface area contributed by atoms with Crippen molar-refractivity contribution in [3.05, 3.63) is 54.1 Å². The number of aryl methyl sites for hydroxylation is 1. The summed E-state index contributed by atoms with van der Waals surface area (Å²) in [5, 5.41) is 17.4. The fourth-order valence-electron chi connectivity index (χ4n) is 2.05. The van der Waals surface area contributed by atoms with Crippen LogP contribution in [0.25, 0.3) is 17.1 Å². The molecule has 0 radical (unpaired) electrons. The largest absolute Gasteiger partial charge is 0.238 e. The van der Waals surface area contributed by atoms with Crippen molar-refractivity contribution in [3.63, 3.8) is 0 Å². The third kappa shape index (κ3) is 2.74. The van der Waals surface area contributed by atoms with Crippen LogP contribution in [0.3, 0.4) is 0 Å². The van der Waals surface area contributed by atoms with E-state index < -0.39 is 10.0 Å². The van der Waals surface area contributed by atoms with Gasteiger partial charge in [0.1, 0.15) is 0 Å². The molecule has 3 rings (SSSR count). The number of hydrogen-bond donors (Lipinski definition) is 1. The standard InChI is InChI=1S/C14H13N5O2S/c1-10-7-8-11(9-13(10)22(15,20)21)14-16-18-19(17-14)12-5-3-2-4-6-12/h2-9H,1H3,(H2,15,20,21). The lowest BCUT2D eigenvalue weighted by molar-refractivity contribution is 0.597. The minimum atomic E-state index is -3.79. The highest BCUT2D eigenvalue weighted by molar-refractivity contribution is 7.89. The molecule has 2 aromatic carbocycles. The Bertz CT molecular complexity index is 919. The number of nitrogens with zero attached hydrogens (tertiary/aromatic N) is 4. The zero-order chi connectivity index (χ0) is 15.7. The maximum absolute atomic E-state index is 11.6. The number of hydrogen-bond acceptors (Lipinski definition) is 5. The van der Waals surface area contributed by atoms with E-state index in [0.717, 1.165) is 5.69 Å². The smallest absolute Gasteiger partial charge is 0.225 e. The molecule has 1 aromatic heterocycles. The first-order valence-corrected chi connectivity index (χ1v) is 7.99. The summed E-state index contributed by atoms with van der Waals surface area (Å²) in [5.41, 5.74) is 1.87. The van der Waals surface area contributed by atoms with Crippen LogP contribution in [0.2, 0.25) is 0 Å². The topological polar surface area (TPSA) is 104 Å². The van der Waals surface area contributed by atoms with E-state index in [0.29, 0.717) is 17.0 Å². The van der Waals surface area contributed by atoms with Gasteiger partial charge in [0.15, 0.2) is 0 Å². The molecule has 0 amide bonds. The maximum Gasteiger partial charge on any atom is 0.238 e. The number of benzene rings is 2. The van der Waals surface area contributed by atoms with E-state index in [4.69, 9.17) is 5.14 Å². The molecule has 0 aliphatic heterocycles. The van der Waals surface area contributed by atoms with Crippen molar-refractivity contribution in [2.75, 3.05) is 0 Å². The second-order valence-corrected chi connectivity index (χ2v) is 6.29. The van der Waals surface area contributed by atoms with E-state index in [9.17, 15) is 8.42 Å². The Hall–Kier alpha value is -2.58. The van der Waals surface area contributed by atoms with Gasteiger partial charge in [-0.05, 0) is 35.9 Å². The Morgan fingerprint density at radius 2 is 1.82 bits per heavy atom. The van der Waals surface area contributed by atoms with Gasteiger partial charge in [-0.1, -0.05) is 30.3 Å². The van der Waals surface area contributed by atoms with E-state index in [1.165, 1.54) is 10.9 Å². The van der Waals surface area contributed by atoms with Crippen molar-refractivity contribution in [1.82, 2.24) is 20.2 Å². The molecule has 0 spiro atoms. The summed E-state index contributed by atoms with van der Waals surface area (Å²) in [6, 6.07) is 14.2. The van der Waals surface area contributed by atoms with E-state index in [2.05, 4.69) is 15.4 Å². The molecule has 3 aromatic rings. The number of aromatic nitrogens is 4. The normalized spacial score (nSPS) is 11.5. The molecule has 0 bridgehead atoms. The molecule has 0 saturated carbocycles. The molecule has 2 N–H and O–H groups in total. The van der Waals surface area contributed by atoms with Gasteiger partial charge < -0.3 is 0 Å². The molecule has 0 atom stereocenters. The first-order valence-electron chi connectivity index (χ1n) is 6.44. The Morgan fingerprint density at radius 3 is 2.50 bits per heavy atom. The lowest BCUT2D eigenvalue weighted by atomic mass is 10.1. The highest BCUT2D eigenvalue weighted by atomic mass is 32.2. The van der Waals surface area contributed by atoms with Crippen LogP contribution in [0.1, 0.15) is 5.56 Å². The third-order valence-corrected chi connectivity index (χ3v) is 4.21. The van der Waals surface area contributed by atoms with Crippen molar-refractivity contribution in [2.45, 2.75) is 11.8 Å². The van der Waals surface area contributed by atoms with Gasteiger partial charge >= 0.3 is 0 Å². The van der Waals surface area contributed by atoms with Crippen molar-refractivity contribution in [1.29, 1.82) is 0 Å². The predicted octanol–water partition coefficient (Wildman–Crippen LogP) is 1.29. The van der Waals surface area contributed by atoms with E-state index >= 15 is 0 Å². The molecule has 0 saturated heterocycles. The third-order valence-electron chi connectivity index (χ3n) is 3.15. The summed E-state index contributed by atoms with van der Waals surface area (Å²) in [5.74, 6) is 0.328. The molecule has 7 nitrogen and oxygen atoms in total. The first-order chi connectivity index (χ1) is 10.4. The van der Waals surface area contributed by atoms with Crippen LogP contribution in [0, 0.1) is 6.92 Å². The van der Waals surface area contributed by atoms with E-state index in [1.807, 2.05) is 30.3 Å². The lowest BCUT2D eigenvalue weighted by Crippen LogP contribution is -2.13. The van der Waals surface area contributed by atoms with Crippen molar-refractivity contribution in [3.8, 4) is 17.1 Å². The van der Waals surface area contributed by atoms with Gasteiger partial charge in [0, 0.05) is 5.56 Å². The summed E-state index contributed by atoms with van der Waals surface area (Å²) in [6.07, 6.45) is 0. The predicted molar refractivity (Wildman–Crippen MR) is 80.7 cm³/mol. The Balaban J connectivity index is 2.05. The van der Waals surface area contributed by atoms with Crippen LogP contribution >= 0.6 is 0 Å². The maximum atomic E-state index is 11.6. The zero-order valence-corrected chi connectivity index (χ0v) is 12.5. The minimum Gasteiger partial charge on any atom is -0.225 e. The molecule has 0 aliphatic rings. The van der Waals surface area contributed by atoms with Crippen LogP contribution < -0.4 is 5.14 Å². The number of rotatable bonds is 3. The van der Waals surface area contributed by atoms with Crippen LogP contribution in [0.5, 0.6) is 0 Å². The summed E-state index contributed by atoms with van der Waals surface area (Å²) in [4.78, 5) is 1.44. The van der Waals surface area contributed by atoms with Gasteiger partial charge in [0.05, 0.1) is 10.6 Å². The molecular formula is C14H13N5O2S. The highest BCUT2D eigenvalue weighted by Gasteiger charge is 2.15. The number of para-hydroxylation sites is 1. The lowest BCUT2D eigenvalue weighted by Gasteiger charge is -2.04. The van der Waals surface area contributed by atoms with Crippen molar-refractivity contribution >= 4 is 10.0 Å². The summed E-state index contributed by atoms with van der Waals surface area (Å²) in [7, 11) is -3.79. The average molecular weight is 315 g/mol.